The Bertz CT molecular complexity index is 3270. The molecule has 0 aliphatic heterocycles. The van der Waals surface area contributed by atoms with Gasteiger partial charge in [0.1, 0.15) is 11.2 Å². The summed E-state index contributed by atoms with van der Waals surface area (Å²) in [5.41, 5.74) is 9.02. The monoisotopic (exact) mass is 701 g/mol. The molecular formula is C51H31N3O. The number of nitrogens with zero attached hydrogens (tertiary/aromatic N) is 3. The number of furan rings is 1. The van der Waals surface area contributed by atoms with Crippen LogP contribution in [-0.2, 0) is 0 Å². The second-order valence-electron chi connectivity index (χ2n) is 14.0. The molecule has 0 aliphatic rings. The van der Waals surface area contributed by atoms with Crippen LogP contribution in [0.25, 0.3) is 111 Å². The highest BCUT2D eigenvalue weighted by molar-refractivity contribution is 6.14. The number of rotatable bonds is 5. The summed E-state index contributed by atoms with van der Waals surface area (Å²) in [5.74, 6) is 1.86. The molecule has 11 aromatic rings. The Morgan fingerprint density at radius 1 is 0.291 bits per heavy atom. The van der Waals surface area contributed by atoms with E-state index in [1.54, 1.807) is 0 Å². The predicted octanol–water partition coefficient (Wildman–Crippen LogP) is 13.6. The predicted molar refractivity (Wildman–Crippen MR) is 227 cm³/mol. The maximum Gasteiger partial charge on any atom is 0.164 e. The Balaban J connectivity index is 1.06. The minimum atomic E-state index is 0.615. The van der Waals surface area contributed by atoms with Crippen molar-refractivity contribution in [2.45, 2.75) is 0 Å². The smallest absolute Gasteiger partial charge is 0.164 e. The van der Waals surface area contributed by atoms with Crippen molar-refractivity contribution in [1.29, 1.82) is 0 Å². The third-order valence-corrected chi connectivity index (χ3v) is 10.7. The number of hydrogen-bond donors (Lipinski definition) is 0. The molecule has 4 heteroatoms. The molecule has 2 aromatic heterocycles. The van der Waals surface area contributed by atoms with E-state index in [1.165, 1.54) is 32.5 Å². The zero-order valence-corrected chi connectivity index (χ0v) is 29.6. The summed E-state index contributed by atoms with van der Waals surface area (Å²) in [6.07, 6.45) is 0. The zero-order chi connectivity index (χ0) is 36.3. The van der Waals surface area contributed by atoms with Gasteiger partial charge in [0.05, 0.1) is 0 Å². The summed E-state index contributed by atoms with van der Waals surface area (Å²) < 4.78 is 6.23. The first-order chi connectivity index (χ1) is 27.2. The van der Waals surface area contributed by atoms with Crippen LogP contribution in [0.1, 0.15) is 0 Å². The molecule has 0 saturated heterocycles. The standard InChI is InChI=1S/C51H31N3O/c1-2-12-35-29-39(28-23-32(35)11-1)51-53-49(34-26-24-33(25-27-34)45-31-37-13-3-4-16-40(37)42-17-5-6-18-43(42)45)52-50(54-51)38-15-9-14-36(30-38)41-20-10-22-47-48(41)44-19-7-8-21-46(44)55-47/h1-31H. The van der Waals surface area contributed by atoms with E-state index in [0.29, 0.717) is 17.5 Å². The first kappa shape index (κ1) is 31.1. The van der Waals surface area contributed by atoms with E-state index < -0.39 is 0 Å². The molecule has 0 aliphatic carbocycles. The van der Waals surface area contributed by atoms with Crippen LogP contribution in [0.4, 0.5) is 0 Å². The van der Waals surface area contributed by atoms with Gasteiger partial charge in [-0.15, -0.1) is 0 Å². The van der Waals surface area contributed by atoms with Crippen LogP contribution in [0.2, 0.25) is 0 Å². The largest absolute Gasteiger partial charge is 0.456 e. The Morgan fingerprint density at radius 2 is 0.855 bits per heavy atom. The van der Waals surface area contributed by atoms with Crippen molar-refractivity contribution >= 4 is 54.3 Å². The van der Waals surface area contributed by atoms with E-state index in [4.69, 9.17) is 19.4 Å². The van der Waals surface area contributed by atoms with Gasteiger partial charge in [-0.1, -0.05) is 158 Å². The lowest BCUT2D eigenvalue weighted by Gasteiger charge is -2.12. The van der Waals surface area contributed by atoms with E-state index in [1.807, 2.05) is 18.2 Å². The van der Waals surface area contributed by atoms with Crippen LogP contribution >= 0.6 is 0 Å². The maximum absolute atomic E-state index is 6.23. The molecule has 55 heavy (non-hydrogen) atoms. The van der Waals surface area contributed by atoms with Gasteiger partial charge in [0.15, 0.2) is 17.5 Å². The lowest BCUT2D eigenvalue weighted by molar-refractivity contribution is 0.669. The van der Waals surface area contributed by atoms with Gasteiger partial charge in [0.25, 0.3) is 0 Å². The highest BCUT2D eigenvalue weighted by Gasteiger charge is 2.17. The molecule has 0 bridgehead atoms. The Morgan fingerprint density at radius 3 is 1.67 bits per heavy atom. The summed E-state index contributed by atoms with van der Waals surface area (Å²) in [4.78, 5) is 15.4. The van der Waals surface area contributed by atoms with Crippen molar-refractivity contribution in [3.8, 4) is 56.4 Å². The fourth-order valence-corrected chi connectivity index (χ4v) is 8.02. The van der Waals surface area contributed by atoms with Crippen molar-refractivity contribution < 1.29 is 4.42 Å². The van der Waals surface area contributed by atoms with Crippen LogP contribution in [0.15, 0.2) is 192 Å². The summed E-state index contributed by atoms with van der Waals surface area (Å²) in [6, 6.07) is 65.8. The average Bonchev–Trinajstić information content (AvgIpc) is 3.65. The van der Waals surface area contributed by atoms with Crippen molar-refractivity contribution in [1.82, 2.24) is 15.0 Å². The van der Waals surface area contributed by atoms with Gasteiger partial charge in [-0.3, -0.25) is 0 Å². The number of benzene rings is 9. The number of para-hydroxylation sites is 1. The second-order valence-corrected chi connectivity index (χ2v) is 14.0. The SMILES string of the molecule is c1cc(-c2nc(-c3ccc(-c4cc5ccccc5c5ccccc45)cc3)nc(-c3ccc4ccccc4c3)n2)cc(-c2cccc3oc4ccccc4c23)c1. The molecule has 0 amide bonds. The van der Waals surface area contributed by atoms with Crippen molar-refractivity contribution in [3.05, 3.63) is 188 Å². The molecule has 0 spiro atoms. The van der Waals surface area contributed by atoms with Crippen molar-refractivity contribution in [3.63, 3.8) is 0 Å². The van der Waals surface area contributed by atoms with Gasteiger partial charge in [-0.2, -0.15) is 0 Å². The topological polar surface area (TPSA) is 51.8 Å². The summed E-state index contributed by atoms with van der Waals surface area (Å²) in [6.45, 7) is 0. The second kappa shape index (κ2) is 12.6. The van der Waals surface area contributed by atoms with Crippen LogP contribution < -0.4 is 0 Å². The van der Waals surface area contributed by atoms with E-state index in [0.717, 1.165) is 60.7 Å². The Hall–Kier alpha value is -7.43. The molecule has 4 nitrogen and oxygen atoms in total. The Labute approximate surface area is 317 Å². The van der Waals surface area contributed by atoms with Crippen molar-refractivity contribution in [2.24, 2.45) is 0 Å². The van der Waals surface area contributed by atoms with E-state index in [2.05, 4.69) is 170 Å². The normalized spacial score (nSPS) is 11.6. The molecular weight excluding hydrogens is 671 g/mol. The molecule has 9 aromatic carbocycles. The highest BCUT2D eigenvalue weighted by atomic mass is 16.3. The van der Waals surface area contributed by atoms with Crippen LogP contribution in [0.3, 0.4) is 0 Å². The lowest BCUT2D eigenvalue weighted by atomic mass is 9.93. The van der Waals surface area contributed by atoms with Crippen LogP contribution in [0.5, 0.6) is 0 Å². The number of fused-ring (bicyclic) bond motifs is 7. The van der Waals surface area contributed by atoms with Gasteiger partial charge in [-0.05, 0) is 84.9 Å². The zero-order valence-electron chi connectivity index (χ0n) is 29.6. The number of hydrogen-bond acceptors (Lipinski definition) is 4. The number of aromatic nitrogens is 3. The molecule has 0 N–H and O–H groups in total. The quantitative estimate of drug-likeness (QED) is 0.168. The fraction of sp³-hybridized carbons (Fsp3) is 0. The van der Waals surface area contributed by atoms with Gasteiger partial charge in [0.2, 0.25) is 0 Å². The molecule has 0 saturated carbocycles. The third kappa shape index (κ3) is 5.34. The summed E-state index contributed by atoms with van der Waals surface area (Å²) in [7, 11) is 0. The lowest BCUT2D eigenvalue weighted by Crippen LogP contribution is -2.00. The molecule has 2 heterocycles. The van der Waals surface area contributed by atoms with Crippen molar-refractivity contribution in [2.75, 3.05) is 0 Å². The first-order valence-electron chi connectivity index (χ1n) is 18.5. The molecule has 0 radical (unpaired) electrons. The minimum Gasteiger partial charge on any atom is -0.456 e. The minimum absolute atomic E-state index is 0.615. The molecule has 256 valence electrons. The maximum atomic E-state index is 6.23. The molecule has 11 rings (SSSR count). The first-order valence-corrected chi connectivity index (χ1v) is 18.5. The summed E-state index contributed by atoms with van der Waals surface area (Å²) >= 11 is 0. The highest BCUT2D eigenvalue weighted by Crippen LogP contribution is 2.39. The van der Waals surface area contributed by atoms with Crippen LogP contribution in [-0.4, -0.2) is 15.0 Å². The fourth-order valence-electron chi connectivity index (χ4n) is 8.02. The van der Waals surface area contributed by atoms with Gasteiger partial charge >= 0.3 is 0 Å². The van der Waals surface area contributed by atoms with E-state index >= 15 is 0 Å². The molecule has 0 atom stereocenters. The van der Waals surface area contributed by atoms with Crippen LogP contribution in [0, 0.1) is 0 Å². The third-order valence-electron chi connectivity index (χ3n) is 10.7. The van der Waals surface area contributed by atoms with Gasteiger partial charge < -0.3 is 4.42 Å². The van der Waals surface area contributed by atoms with E-state index in [9.17, 15) is 0 Å². The summed E-state index contributed by atoms with van der Waals surface area (Å²) in [5, 5.41) is 9.47. The Kier molecular flexibility index (Phi) is 7.14. The van der Waals surface area contributed by atoms with Gasteiger partial charge in [0, 0.05) is 27.5 Å². The van der Waals surface area contributed by atoms with Gasteiger partial charge in [-0.25, -0.2) is 15.0 Å². The van der Waals surface area contributed by atoms with E-state index in [-0.39, 0.29) is 0 Å². The molecule has 0 fully saturated rings. The average molecular weight is 702 g/mol. The molecule has 0 unspecified atom stereocenters.